The molecule has 0 radical (unpaired) electrons. The van der Waals surface area contributed by atoms with Crippen LogP contribution in [0.4, 0.5) is 5.69 Å². The summed E-state index contributed by atoms with van der Waals surface area (Å²) in [7, 11) is 0. The molecule has 0 aliphatic heterocycles. The lowest BCUT2D eigenvalue weighted by molar-refractivity contribution is -0.120. The third-order valence-electron chi connectivity index (χ3n) is 3.13. The van der Waals surface area contributed by atoms with E-state index in [2.05, 4.69) is 23.5 Å². The van der Waals surface area contributed by atoms with Gasteiger partial charge in [-0.05, 0) is 56.4 Å². The predicted molar refractivity (Wildman–Crippen MR) is 71.0 cm³/mol. The zero-order valence-electron chi connectivity index (χ0n) is 10.5. The molecule has 0 saturated carbocycles. The van der Waals surface area contributed by atoms with Crippen molar-refractivity contribution in [2.75, 3.05) is 5.32 Å². The first-order chi connectivity index (χ1) is 8.15. The number of hydrogen-bond donors (Lipinski definition) is 1. The van der Waals surface area contributed by atoms with Crippen LogP contribution in [0.3, 0.4) is 0 Å². The van der Waals surface area contributed by atoms with Crippen LogP contribution in [-0.4, -0.2) is 5.91 Å². The van der Waals surface area contributed by atoms with Crippen molar-refractivity contribution < 1.29 is 4.79 Å². The van der Waals surface area contributed by atoms with Crippen LogP contribution in [-0.2, 0) is 4.79 Å². The van der Waals surface area contributed by atoms with Gasteiger partial charge in [-0.3, -0.25) is 4.79 Å². The highest BCUT2D eigenvalue weighted by Crippen LogP contribution is 2.21. The first-order valence-electron chi connectivity index (χ1n) is 6.19. The standard InChI is InChI=1S/C15H19NO/c1-11-8-12(2)10-14(9-11)16-15(17)13-6-4-3-5-7-13/h3-4,8-10,13H,5-7H2,1-2H3,(H,16,17)/t13-/m1/s1. The Bertz CT molecular complexity index is 428. The van der Waals surface area contributed by atoms with E-state index in [0.29, 0.717) is 0 Å². The second-order valence-corrected chi connectivity index (χ2v) is 4.85. The normalized spacial score (nSPS) is 19.1. The summed E-state index contributed by atoms with van der Waals surface area (Å²) in [6.45, 7) is 4.10. The van der Waals surface area contributed by atoms with Crippen LogP contribution < -0.4 is 5.32 Å². The molecule has 1 aliphatic carbocycles. The fraction of sp³-hybridized carbons (Fsp3) is 0.400. The van der Waals surface area contributed by atoms with Gasteiger partial charge in [-0.2, -0.15) is 0 Å². The number of allylic oxidation sites excluding steroid dienone is 2. The van der Waals surface area contributed by atoms with Crippen molar-refractivity contribution in [3.8, 4) is 0 Å². The maximum absolute atomic E-state index is 12.0. The van der Waals surface area contributed by atoms with E-state index >= 15 is 0 Å². The minimum absolute atomic E-state index is 0.140. The molecular formula is C15H19NO. The van der Waals surface area contributed by atoms with Gasteiger partial charge in [-0.25, -0.2) is 0 Å². The first-order valence-corrected chi connectivity index (χ1v) is 6.19. The van der Waals surface area contributed by atoms with Gasteiger partial charge in [0.05, 0.1) is 0 Å². The van der Waals surface area contributed by atoms with Crippen LogP contribution in [0.15, 0.2) is 30.4 Å². The summed E-state index contributed by atoms with van der Waals surface area (Å²) in [5.74, 6) is 0.292. The minimum atomic E-state index is 0.140. The number of rotatable bonds is 2. The quantitative estimate of drug-likeness (QED) is 0.771. The maximum Gasteiger partial charge on any atom is 0.227 e. The Morgan fingerprint density at radius 1 is 1.18 bits per heavy atom. The lowest BCUT2D eigenvalue weighted by Gasteiger charge is -2.17. The number of hydrogen-bond acceptors (Lipinski definition) is 1. The van der Waals surface area contributed by atoms with Crippen LogP contribution in [0.5, 0.6) is 0 Å². The molecule has 90 valence electrons. The molecule has 0 bridgehead atoms. The van der Waals surface area contributed by atoms with Gasteiger partial charge in [-0.1, -0.05) is 18.2 Å². The van der Waals surface area contributed by atoms with Crippen LogP contribution in [0.1, 0.15) is 30.4 Å². The predicted octanol–water partition coefficient (Wildman–Crippen LogP) is 3.60. The second kappa shape index (κ2) is 5.17. The highest BCUT2D eigenvalue weighted by molar-refractivity contribution is 5.92. The van der Waals surface area contributed by atoms with Gasteiger partial charge < -0.3 is 5.32 Å². The first kappa shape index (κ1) is 11.9. The van der Waals surface area contributed by atoms with Crippen molar-refractivity contribution in [3.63, 3.8) is 0 Å². The summed E-state index contributed by atoms with van der Waals surface area (Å²) < 4.78 is 0. The van der Waals surface area contributed by atoms with Crippen molar-refractivity contribution in [3.05, 3.63) is 41.5 Å². The molecule has 1 aromatic carbocycles. The van der Waals surface area contributed by atoms with Crippen molar-refractivity contribution in [1.82, 2.24) is 0 Å². The summed E-state index contributed by atoms with van der Waals surface area (Å²) in [5.41, 5.74) is 3.29. The fourth-order valence-electron chi connectivity index (χ4n) is 2.32. The van der Waals surface area contributed by atoms with Gasteiger partial charge in [0.1, 0.15) is 0 Å². The van der Waals surface area contributed by atoms with E-state index in [1.54, 1.807) is 0 Å². The number of anilines is 1. The van der Waals surface area contributed by atoms with E-state index in [0.717, 1.165) is 24.9 Å². The van der Waals surface area contributed by atoms with Crippen LogP contribution in [0.25, 0.3) is 0 Å². The van der Waals surface area contributed by atoms with Gasteiger partial charge in [0.25, 0.3) is 0 Å². The Morgan fingerprint density at radius 2 is 1.88 bits per heavy atom. The topological polar surface area (TPSA) is 29.1 Å². The number of nitrogens with one attached hydrogen (secondary N) is 1. The van der Waals surface area contributed by atoms with Crippen molar-refractivity contribution >= 4 is 11.6 Å². The molecule has 2 nitrogen and oxygen atoms in total. The zero-order chi connectivity index (χ0) is 12.3. The zero-order valence-corrected chi connectivity index (χ0v) is 10.5. The van der Waals surface area contributed by atoms with Gasteiger partial charge >= 0.3 is 0 Å². The van der Waals surface area contributed by atoms with Crippen molar-refractivity contribution in [2.24, 2.45) is 5.92 Å². The summed E-state index contributed by atoms with van der Waals surface area (Å²) in [5, 5.41) is 3.02. The molecule has 2 rings (SSSR count). The highest BCUT2D eigenvalue weighted by atomic mass is 16.1. The molecule has 1 amide bonds. The Balaban J connectivity index is 2.04. The molecular weight excluding hydrogens is 210 g/mol. The lowest BCUT2D eigenvalue weighted by atomic mass is 9.93. The average Bonchev–Trinajstić information content (AvgIpc) is 2.28. The van der Waals surface area contributed by atoms with E-state index in [4.69, 9.17) is 0 Å². The lowest BCUT2D eigenvalue weighted by Crippen LogP contribution is -2.23. The highest BCUT2D eigenvalue weighted by Gasteiger charge is 2.18. The molecule has 0 saturated heterocycles. The summed E-state index contributed by atoms with van der Waals surface area (Å²) in [6.07, 6.45) is 7.12. The fourth-order valence-corrected chi connectivity index (χ4v) is 2.32. The van der Waals surface area contributed by atoms with E-state index in [1.165, 1.54) is 11.1 Å². The molecule has 0 spiro atoms. The summed E-state index contributed by atoms with van der Waals surface area (Å²) in [6, 6.07) is 6.14. The van der Waals surface area contributed by atoms with Gasteiger partial charge in [0.2, 0.25) is 5.91 Å². The molecule has 1 aromatic rings. The Hall–Kier alpha value is -1.57. The largest absolute Gasteiger partial charge is 0.326 e. The molecule has 2 heteroatoms. The van der Waals surface area contributed by atoms with Gasteiger partial charge in [0, 0.05) is 11.6 Å². The van der Waals surface area contributed by atoms with E-state index in [9.17, 15) is 4.79 Å². The van der Waals surface area contributed by atoms with E-state index in [1.807, 2.05) is 26.0 Å². The maximum atomic E-state index is 12.0. The van der Waals surface area contributed by atoms with E-state index < -0.39 is 0 Å². The molecule has 0 unspecified atom stereocenters. The molecule has 1 N–H and O–H groups in total. The SMILES string of the molecule is Cc1cc(C)cc(NC(=O)[C@@H]2CC=CCC2)c1. The number of benzene rings is 1. The smallest absolute Gasteiger partial charge is 0.227 e. The number of amides is 1. The number of carbonyl (C=O) groups is 1. The molecule has 17 heavy (non-hydrogen) atoms. The summed E-state index contributed by atoms with van der Waals surface area (Å²) in [4.78, 5) is 12.0. The second-order valence-electron chi connectivity index (χ2n) is 4.85. The molecule has 1 aliphatic rings. The summed E-state index contributed by atoms with van der Waals surface area (Å²) >= 11 is 0. The minimum Gasteiger partial charge on any atom is -0.326 e. The van der Waals surface area contributed by atoms with E-state index in [-0.39, 0.29) is 11.8 Å². The van der Waals surface area contributed by atoms with Crippen LogP contribution in [0.2, 0.25) is 0 Å². The monoisotopic (exact) mass is 229 g/mol. The Morgan fingerprint density at radius 3 is 2.47 bits per heavy atom. The van der Waals surface area contributed by atoms with Gasteiger partial charge in [-0.15, -0.1) is 0 Å². The third-order valence-corrected chi connectivity index (χ3v) is 3.13. The van der Waals surface area contributed by atoms with Crippen molar-refractivity contribution in [1.29, 1.82) is 0 Å². The molecule has 1 atom stereocenters. The van der Waals surface area contributed by atoms with Crippen LogP contribution in [0, 0.1) is 19.8 Å². The number of carbonyl (C=O) groups excluding carboxylic acids is 1. The van der Waals surface area contributed by atoms with Crippen molar-refractivity contribution in [2.45, 2.75) is 33.1 Å². The molecule has 0 aromatic heterocycles. The molecule has 0 fully saturated rings. The number of aryl methyl sites for hydroxylation is 2. The Kier molecular flexibility index (Phi) is 3.62. The average molecular weight is 229 g/mol. The van der Waals surface area contributed by atoms with Crippen LogP contribution >= 0.6 is 0 Å². The third kappa shape index (κ3) is 3.19. The molecule has 0 heterocycles. The Labute approximate surface area is 103 Å². The van der Waals surface area contributed by atoms with Gasteiger partial charge in [0.15, 0.2) is 0 Å².